The fraction of sp³-hybridized carbons (Fsp3) is 1.00. The van der Waals surface area contributed by atoms with Gasteiger partial charge in [-0.2, -0.15) is 0 Å². The summed E-state index contributed by atoms with van der Waals surface area (Å²) in [4.78, 5) is 0. The molecule has 0 heterocycles. The van der Waals surface area contributed by atoms with E-state index in [0.717, 1.165) is 5.28 Å². The second kappa shape index (κ2) is 10.3. The molecule has 0 aliphatic carbocycles. The summed E-state index contributed by atoms with van der Waals surface area (Å²) in [6.45, 7) is 2.24. The number of hydrogen-bond donors (Lipinski definition) is 0. The number of hydrogen-bond acceptors (Lipinski definition) is 1. The van der Waals surface area contributed by atoms with Gasteiger partial charge in [0.1, 0.15) is 0 Å². The zero-order chi connectivity index (χ0) is 8.36. The Morgan fingerprint density at radius 1 is 0.909 bits per heavy atom. The van der Waals surface area contributed by atoms with Gasteiger partial charge < -0.3 is 0 Å². The quantitative estimate of drug-likeness (QED) is 0.404. The van der Waals surface area contributed by atoms with Crippen molar-refractivity contribution in [1.82, 2.24) is 0 Å². The Kier molecular flexibility index (Phi) is 10.6. The van der Waals surface area contributed by atoms with Crippen molar-refractivity contribution < 1.29 is 3.80 Å². The average Bonchev–Trinajstić information content (AvgIpc) is 2.03. The van der Waals surface area contributed by atoms with Crippen molar-refractivity contribution in [1.29, 1.82) is 0 Å². The Morgan fingerprint density at radius 2 is 1.45 bits per heavy atom. The molecule has 0 saturated heterocycles. The van der Waals surface area contributed by atoms with Gasteiger partial charge >= 0.3 is 76.1 Å². The van der Waals surface area contributed by atoms with Crippen LogP contribution in [-0.2, 0) is 3.80 Å². The Labute approximate surface area is 76.5 Å². The predicted molar refractivity (Wildman–Crippen MR) is 49.2 cm³/mol. The molecule has 0 spiro atoms. The van der Waals surface area contributed by atoms with Crippen molar-refractivity contribution >= 4 is 15.2 Å². The van der Waals surface area contributed by atoms with Crippen LogP contribution in [0.5, 0.6) is 0 Å². The fourth-order valence-electron chi connectivity index (χ4n) is 1.18. The molecular weight excluding hydrogens is 151 g/mol. The average molecular weight is 170 g/mol. The van der Waals surface area contributed by atoms with E-state index < -0.39 is 15.2 Å². The molecule has 0 aromatic carbocycles. The number of unbranched alkanes of at least 4 members (excludes halogenated alkanes) is 6. The molecule has 0 aliphatic heterocycles. The van der Waals surface area contributed by atoms with E-state index in [1.54, 1.807) is 0 Å². The first-order chi connectivity index (χ1) is 5.41. The minimum atomic E-state index is -0.480. The van der Waals surface area contributed by atoms with Gasteiger partial charge in [-0.25, -0.2) is 0 Å². The third-order valence-corrected chi connectivity index (χ3v) is 2.57. The van der Waals surface area contributed by atoms with Crippen molar-refractivity contribution in [3.63, 3.8) is 0 Å². The van der Waals surface area contributed by atoms with Gasteiger partial charge in [0.05, 0.1) is 0 Å². The van der Waals surface area contributed by atoms with Crippen LogP contribution in [0.25, 0.3) is 0 Å². The molecule has 1 nitrogen and oxygen atoms in total. The van der Waals surface area contributed by atoms with Crippen LogP contribution in [0.2, 0.25) is 5.28 Å². The van der Waals surface area contributed by atoms with E-state index in [4.69, 9.17) is 0 Å². The first kappa shape index (κ1) is 11.3. The number of rotatable bonds is 8. The Hall–Kier alpha value is 0.332. The normalized spacial score (nSPS) is 9.55. The molecule has 11 heavy (non-hydrogen) atoms. The molecule has 0 fully saturated rings. The molecule has 0 amide bonds. The molecule has 0 atom stereocenters. The summed E-state index contributed by atoms with van der Waals surface area (Å²) in [6.07, 6.45) is 9.30. The Bertz CT molecular complexity index is 83.6. The van der Waals surface area contributed by atoms with E-state index in [0.29, 0.717) is 0 Å². The molecule has 64 valence electrons. The van der Waals surface area contributed by atoms with Crippen molar-refractivity contribution in [2.24, 2.45) is 0 Å². The monoisotopic (exact) mass is 170 g/mol. The van der Waals surface area contributed by atoms with Gasteiger partial charge in [-0.05, 0) is 0 Å². The van der Waals surface area contributed by atoms with Gasteiger partial charge in [0.15, 0.2) is 0 Å². The van der Waals surface area contributed by atoms with Crippen LogP contribution in [0, 0.1) is 0 Å². The van der Waals surface area contributed by atoms with Gasteiger partial charge in [0.25, 0.3) is 0 Å². The van der Waals surface area contributed by atoms with Crippen LogP contribution in [-0.4, -0.2) is 15.2 Å². The molecule has 0 bridgehead atoms. The molecule has 0 radical (unpaired) electrons. The van der Waals surface area contributed by atoms with E-state index in [-0.39, 0.29) is 0 Å². The van der Waals surface area contributed by atoms with Crippen LogP contribution in [0.1, 0.15) is 51.9 Å². The molecule has 0 rings (SSSR count). The van der Waals surface area contributed by atoms with E-state index in [1.165, 1.54) is 44.9 Å². The van der Waals surface area contributed by atoms with Crippen LogP contribution in [0.4, 0.5) is 0 Å². The molecular formula is C9H19AlO. The van der Waals surface area contributed by atoms with Crippen molar-refractivity contribution in [3.05, 3.63) is 0 Å². The molecule has 0 aromatic rings. The topological polar surface area (TPSA) is 17.1 Å². The van der Waals surface area contributed by atoms with Crippen LogP contribution < -0.4 is 0 Å². The van der Waals surface area contributed by atoms with Gasteiger partial charge in [-0.1, -0.05) is 0 Å². The molecule has 0 saturated carbocycles. The molecule has 0 aliphatic rings. The van der Waals surface area contributed by atoms with Crippen LogP contribution >= 0.6 is 0 Å². The maximum absolute atomic E-state index is 10.1. The summed E-state index contributed by atoms with van der Waals surface area (Å²) in [5.41, 5.74) is 0. The van der Waals surface area contributed by atoms with Crippen molar-refractivity contribution in [2.45, 2.75) is 57.2 Å². The zero-order valence-corrected chi connectivity index (χ0v) is 8.80. The van der Waals surface area contributed by atoms with Crippen molar-refractivity contribution in [3.8, 4) is 0 Å². The molecule has 2 heteroatoms. The first-order valence-electron chi connectivity index (χ1n) is 4.85. The first-order valence-corrected chi connectivity index (χ1v) is 6.14. The Morgan fingerprint density at radius 3 is 2.00 bits per heavy atom. The molecule has 0 N–H and O–H groups in total. The second-order valence-corrected chi connectivity index (χ2v) is 3.99. The standard InChI is InChI=1S/C9H19.Al.O/c1-3-5-7-9-8-6-4-2;;/h1,3-9H2,2H3;;. The Balaban J connectivity index is 2.74. The van der Waals surface area contributed by atoms with E-state index in [2.05, 4.69) is 6.92 Å². The summed E-state index contributed by atoms with van der Waals surface area (Å²) in [6, 6.07) is 0. The predicted octanol–water partition coefficient (Wildman–Crippen LogP) is 3.21. The summed E-state index contributed by atoms with van der Waals surface area (Å²) >= 11 is -0.480. The summed E-state index contributed by atoms with van der Waals surface area (Å²) in [5, 5.41) is 0.966. The van der Waals surface area contributed by atoms with E-state index in [1.807, 2.05) is 0 Å². The second-order valence-electron chi connectivity index (χ2n) is 3.08. The SMILES string of the molecule is CCCCCCCC[CH2][Al]=[O]. The van der Waals surface area contributed by atoms with Gasteiger partial charge in [-0.3, -0.25) is 0 Å². The van der Waals surface area contributed by atoms with Gasteiger partial charge in [-0.15, -0.1) is 0 Å². The third kappa shape index (κ3) is 10.3. The summed E-state index contributed by atoms with van der Waals surface area (Å²) < 4.78 is 10.1. The summed E-state index contributed by atoms with van der Waals surface area (Å²) in [5.74, 6) is 0. The van der Waals surface area contributed by atoms with E-state index >= 15 is 0 Å². The van der Waals surface area contributed by atoms with Crippen LogP contribution in [0.15, 0.2) is 0 Å². The van der Waals surface area contributed by atoms with Gasteiger partial charge in [0, 0.05) is 0 Å². The van der Waals surface area contributed by atoms with Crippen molar-refractivity contribution in [2.75, 3.05) is 0 Å². The van der Waals surface area contributed by atoms with Gasteiger partial charge in [0.2, 0.25) is 0 Å². The zero-order valence-electron chi connectivity index (χ0n) is 7.64. The summed E-state index contributed by atoms with van der Waals surface area (Å²) in [7, 11) is 0. The molecule has 0 unspecified atom stereocenters. The minimum absolute atomic E-state index is 0.480. The van der Waals surface area contributed by atoms with Crippen LogP contribution in [0.3, 0.4) is 0 Å². The maximum atomic E-state index is 10.1. The van der Waals surface area contributed by atoms with E-state index in [9.17, 15) is 3.80 Å². The molecule has 0 aromatic heterocycles. The fourth-order valence-corrected chi connectivity index (χ4v) is 1.64. The third-order valence-electron chi connectivity index (χ3n) is 1.93.